The van der Waals surface area contributed by atoms with Crippen LogP contribution < -0.4 is 0 Å². The van der Waals surface area contributed by atoms with Crippen LogP contribution in [0.3, 0.4) is 0 Å². The molecule has 1 rings (SSSR count). The largest absolute Gasteiger partial charge is 0.478 e. The maximum absolute atomic E-state index is 10.8. The summed E-state index contributed by atoms with van der Waals surface area (Å²) in [5, 5.41) is 35.2. The van der Waals surface area contributed by atoms with Gasteiger partial charge in [-0.05, 0) is 17.7 Å². The Morgan fingerprint density at radius 1 is 1.06 bits per heavy atom. The van der Waals surface area contributed by atoms with Crippen LogP contribution in [0, 0.1) is 0 Å². The van der Waals surface area contributed by atoms with Crippen molar-refractivity contribution in [3.63, 3.8) is 0 Å². The average Bonchev–Trinajstić information content (AvgIpc) is 2.16. The zero-order valence-corrected chi connectivity index (χ0v) is 8.12. The quantitative estimate of drug-likeness (QED) is 0.534. The first-order valence-corrected chi connectivity index (χ1v) is 4.38. The van der Waals surface area contributed by atoms with Gasteiger partial charge in [-0.3, -0.25) is 0 Å². The van der Waals surface area contributed by atoms with Gasteiger partial charge >= 0.3 is 11.9 Å². The van der Waals surface area contributed by atoms with Gasteiger partial charge in [-0.1, -0.05) is 6.07 Å². The summed E-state index contributed by atoms with van der Waals surface area (Å²) in [4.78, 5) is 21.6. The third kappa shape index (κ3) is 2.56. The van der Waals surface area contributed by atoms with Gasteiger partial charge in [-0.2, -0.15) is 0 Å². The standard InChI is InChI=1S/C10H10O6/c11-8(12)4-7-5(9(13)14)2-1-3-6(7)10(15)16/h1-3,8,11-12H,4H2,(H,13,14)(H,15,16). The Labute approximate surface area is 90.4 Å². The van der Waals surface area contributed by atoms with E-state index < -0.39 is 24.6 Å². The molecule has 0 bridgehead atoms. The highest BCUT2D eigenvalue weighted by molar-refractivity contribution is 5.96. The number of hydrogen-bond acceptors (Lipinski definition) is 4. The van der Waals surface area contributed by atoms with E-state index in [4.69, 9.17) is 20.4 Å². The molecule has 0 atom stereocenters. The van der Waals surface area contributed by atoms with Gasteiger partial charge in [0.2, 0.25) is 0 Å². The molecule has 0 aliphatic rings. The topological polar surface area (TPSA) is 115 Å². The molecule has 0 heterocycles. The van der Waals surface area contributed by atoms with Crippen molar-refractivity contribution in [3.8, 4) is 0 Å². The second-order valence-electron chi connectivity index (χ2n) is 3.13. The lowest BCUT2D eigenvalue weighted by atomic mass is 9.98. The molecule has 0 radical (unpaired) electrons. The fourth-order valence-corrected chi connectivity index (χ4v) is 1.39. The van der Waals surface area contributed by atoms with E-state index in [2.05, 4.69) is 0 Å². The molecule has 0 amide bonds. The maximum Gasteiger partial charge on any atom is 0.335 e. The van der Waals surface area contributed by atoms with Gasteiger partial charge < -0.3 is 20.4 Å². The predicted octanol–water partition coefficient (Wildman–Crippen LogP) is -0.0638. The smallest absolute Gasteiger partial charge is 0.335 e. The minimum Gasteiger partial charge on any atom is -0.478 e. The molecule has 0 unspecified atom stereocenters. The van der Waals surface area contributed by atoms with E-state index in [0.717, 1.165) is 0 Å². The van der Waals surface area contributed by atoms with E-state index in [1.807, 2.05) is 0 Å². The van der Waals surface area contributed by atoms with E-state index in [1.165, 1.54) is 18.2 Å². The first kappa shape index (κ1) is 12.2. The molecule has 0 aliphatic heterocycles. The molecule has 4 N–H and O–H groups in total. The van der Waals surface area contributed by atoms with Crippen molar-refractivity contribution < 1.29 is 30.0 Å². The third-order valence-corrected chi connectivity index (χ3v) is 2.02. The molecular weight excluding hydrogens is 216 g/mol. The first-order valence-electron chi connectivity index (χ1n) is 4.38. The van der Waals surface area contributed by atoms with Crippen molar-refractivity contribution >= 4 is 11.9 Å². The molecule has 0 aromatic heterocycles. The number of hydrogen-bond donors (Lipinski definition) is 4. The monoisotopic (exact) mass is 226 g/mol. The van der Waals surface area contributed by atoms with Crippen molar-refractivity contribution in [1.82, 2.24) is 0 Å². The number of aromatic carboxylic acids is 2. The fourth-order valence-electron chi connectivity index (χ4n) is 1.39. The maximum atomic E-state index is 10.8. The lowest BCUT2D eigenvalue weighted by Gasteiger charge is -2.10. The Morgan fingerprint density at radius 2 is 1.50 bits per heavy atom. The van der Waals surface area contributed by atoms with Crippen LogP contribution in [0.4, 0.5) is 0 Å². The third-order valence-electron chi connectivity index (χ3n) is 2.02. The van der Waals surface area contributed by atoms with Crippen molar-refractivity contribution in [2.75, 3.05) is 0 Å². The molecule has 0 aliphatic carbocycles. The summed E-state index contributed by atoms with van der Waals surface area (Å²) in [6.07, 6.45) is -2.23. The number of carboxylic acids is 2. The second-order valence-corrected chi connectivity index (χ2v) is 3.13. The van der Waals surface area contributed by atoms with Crippen molar-refractivity contribution in [1.29, 1.82) is 0 Å². The minimum absolute atomic E-state index is 0.0995. The molecule has 86 valence electrons. The fraction of sp³-hybridized carbons (Fsp3) is 0.200. The van der Waals surface area contributed by atoms with E-state index in [9.17, 15) is 9.59 Å². The van der Waals surface area contributed by atoms with Gasteiger partial charge in [0.15, 0.2) is 6.29 Å². The lowest BCUT2D eigenvalue weighted by Crippen LogP contribution is -2.16. The van der Waals surface area contributed by atoms with E-state index in [0.29, 0.717) is 0 Å². The van der Waals surface area contributed by atoms with Crippen LogP contribution in [0.15, 0.2) is 18.2 Å². The predicted molar refractivity (Wildman–Crippen MR) is 52.3 cm³/mol. The number of aliphatic hydroxyl groups is 2. The zero-order chi connectivity index (χ0) is 12.3. The van der Waals surface area contributed by atoms with Gasteiger partial charge in [-0.25, -0.2) is 9.59 Å². The van der Waals surface area contributed by atoms with Crippen LogP contribution in [0.1, 0.15) is 26.3 Å². The first-order chi connectivity index (χ1) is 7.43. The summed E-state index contributed by atoms with van der Waals surface area (Å²) < 4.78 is 0. The van der Waals surface area contributed by atoms with Gasteiger partial charge in [-0.15, -0.1) is 0 Å². The number of benzene rings is 1. The van der Waals surface area contributed by atoms with Gasteiger partial charge in [0.25, 0.3) is 0 Å². The van der Waals surface area contributed by atoms with E-state index >= 15 is 0 Å². The Balaban J connectivity index is 3.34. The van der Waals surface area contributed by atoms with Gasteiger partial charge in [0.05, 0.1) is 11.1 Å². The van der Waals surface area contributed by atoms with Crippen LogP contribution in [0.5, 0.6) is 0 Å². The molecule has 16 heavy (non-hydrogen) atoms. The number of carboxylic acid groups (broad SMARTS) is 2. The highest BCUT2D eigenvalue weighted by atomic mass is 16.5. The van der Waals surface area contributed by atoms with Crippen LogP contribution in [0.2, 0.25) is 0 Å². The van der Waals surface area contributed by atoms with Crippen LogP contribution in [-0.4, -0.2) is 38.7 Å². The lowest BCUT2D eigenvalue weighted by molar-refractivity contribution is -0.0383. The normalized spacial score (nSPS) is 10.4. The minimum atomic E-state index is -1.79. The van der Waals surface area contributed by atoms with Crippen LogP contribution >= 0.6 is 0 Å². The summed E-state index contributed by atoms with van der Waals surface area (Å²) in [5.74, 6) is -2.61. The Bertz CT molecular complexity index is 391. The molecular formula is C10H10O6. The Kier molecular flexibility index (Phi) is 3.60. The summed E-state index contributed by atoms with van der Waals surface area (Å²) >= 11 is 0. The highest BCUT2D eigenvalue weighted by Crippen LogP contribution is 2.17. The van der Waals surface area contributed by atoms with Crippen LogP contribution in [0.25, 0.3) is 0 Å². The summed E-state index contributed by atoms with van der Waals surface area (Å²) in [6.45, 7) is 0. The molecule has 0 fully saturated rings. The number of aliphatic hydroxyl groups excluding tert-OH is 1. The molecule has 0 saturated heterocycles. The van der Waals surface area contributed by atoms with Crippen LogP contribution in [-0.2, 0) is 6.42 Å². The SMILES string of the molecule is O=C(O)c1cccc(C(=O)O)c1CC(O)O. The molecule has 6 nitrogen and oxygen atoms in total. The zero-order valence-electron chi connectivity index (χ0n) is 8.12. The van der Waals surface area contributed by atoms with Crippen molar-refractivity contribution in [2.45, 2.75) is 12.7 Å². The molecule has 1 aromatic carbocycles. The van der Waals surface area contributed by atoms with Gasteiger partial charge in [0, 0.05) is 6.42 Å². The number of rotatable bonds is 4. The number of carbonyl (C=O) groups is 2. The second kappa shape index (κ2) is 4.73. The summed E-state index contributed by atoms with van der Waals surface area (Å²) in [7, 11) is 0. The molecule has 6 heteroatoms. The Morgan fingerprint density at radius 3 is 1.81 bits per heavy atom. The Hall–Kier alpha value is -1.92. The van der Waals surface area contributed by atoms with E-state index in [-0.39, 0.29) is 16.7 Å². The van der Waals surface area contributed by atoms with Gasteiger partial charge in [0.1, 0.15) is 0 Å². The highest BCUT2D eigenvalue weighted by Gasteiger charge is 2.19. The summed E-state index contributed by atoms with van der Waals surface area (Å²) in [6, 6.07) is 3.72. The average molecular weight is 226 g/mol. The van der Waals surface area contributed by atoms with Crippen molar-refractivity contribution in [2.24, 2.45) is 0 Å². The molecule has 1 aromatic rings. The summed E-state index contributed by atoms with van der Waals surface area (Å²) in [5.41, 5.74) is -0.585. The van der Waals surface area contributed by atoms with Crippen molar-refractivity contribution in [3.05, 3.63) is 34.9 Å². The van der Waals surface area contributed by atoms with E-state index in [1.54, 1.807) is 0 Å². The molecule has 0 spiro atoms. The molecule has 0 saturated carbocycles.